The molecule has 1 amide bonds. The zero-order chi connectivity index (χ0) is 25.0. The highest BCUT2D eigenvalue weighted by molar-refractivity contribution is 7.89. The van der Waals surface area contributed by atoms with Crippen LogP contribution in [0.4, 0.5) is 10.1 Å². The number of benzene rings is 2. The molecule has 1 fully saturated rings. The van der Waals surface area contributed by atoms with E-state index in [9.17, 15) is 17.6 Å². The molecule has 0 saturated carbocycles. The third kappa shape index (κ3) is 6.27. The topological polar surface area (TPSA) is 79.4 Å². The summed E-state index contributed by atoms with van der Waals surface area (Å²) < 4.78 is 40.4. The molecule has 6 nitrogen and oxygen atoms in total. The lowest BCUT2D eigenvalue weighted by Crippen LogP contribution is -2.39. The van der Waals surface area contributed by atoms with Crippen LogP contribution in [0.3, 0.4) is 0 Å². The molecule has 0 bridgehead atoms. The second-order valence-electron chi connectivity index (χ2n) is 8.56. The van der Waals surface area contributed by atoms with Gasteiger partial charge in [-0.25, -0.2) is 22.1 Å². The largest absolute Gasteiger partial charge is 0.320 e. The van der Waals surface area contributed by atoms with Crippen LogP contribution < -0.4 is 5.32 Å². The molecule has 1 aliphatic heterocycles. The Labute approximate surface area is 214 Å². The number of carbonyl (C=O) groups excluding carboxylic acids is 1. The van der Waals surface area contributed by atoms with E-state index in [0.717, 1.165) is 17.0 Å². The molecular formula is C25H27ClFN3O3S2. The van der Waals surface area contributed by atoms with Gasteiger partial charge in [0.05, 0.1) is 10.8 Å². The summed E-state index contributed by atoms with van der Waals surface area (Å²) >= 11 is 7.38. The molecule has 1 aromatic heterocycles. The number of hydrogen-bond donors (Lipinski definition) is 1. The third-order valence-corrected chi connectivity index (χ3v) is 9.31. The molecular weight excluding hydrogens is 509 g/mol. The SMILES string of the molecule is CCCCS(=O)(=O)N1CCC(c2nc(C(=O)Nc3ccc(F)cc3-c3ccc(Cl)cc3)cs2)CC1. The van der Waals surface area contributed by atoms with Crippen LogP contribution in [0.2, 0.25) is 5.02 Å². The molecule has 4 rings (SSSR count). The molecule has 2 heterocycles. The minimum absolute atomic E-state index is 0.120. The van der Waals surface area contributed by atoms with E-state index in [1.54, 1.807) is 34.0 Å². The van der Waals surface area contributed by atoms with Crippen LogP contribution in [0, 0.1) is 5.82 Å². The first-order chi connectivity index (χ1) is 16.8. The monoisotopic (exact) mass is 535 g/mol. The highest BCUT2D eigenvalue weighted by atomic mass is 35.5. The number of anilines is 1. The number of hydrogen-bond acceptors (Lipinski definition) is 5. The van der Waals surface area contributed by atoms with Crippen LogP contribution >= 0.6 is 22.9 Å². The fraction of sp³-hybridized carbons (Fsp3) is 0.360. The Balaban J connectivity index is 1.43. The van der Waals surface area contributed by atoms with E-state index in [1.165, 1.54) is 29.5 Å². The lowest BCUT2D eigenvalue weighted by atomic mass is 9.99. The highest BCUT2D eigenvalue weighted by Crippen LogP contribution is 2.33. The average Bonchev–Trinajstić information content (AvgIpc) is 3.35. The molecule has 35 heavy (non-hydrogen) atoms. The summed E-state index contributed by atoms with van der Waals surface area (Å²) in [6.45, 7) is 2.92. The van der Waals surface area contributed by atoms with Crippen molar-refractivity contribution in [3.63, 3.8) is 0 Å². The lowest BCUT2D eigenvalue weighted by molar-refractivity contribution is 0.102. The predicted octanol–water partition coefficient (Wildman–Crippen LogP) is 6.16. The van der Waals surface area contributed by atoms with Crippen molar-refractivity contribution in [2.75, 3.05) is 24.2 Å². The first-order valence-corrected chi connectivity index (χ1v) is 14.4. The van der Waals surface area contributed by atoms with Gasteiger partial charge >= 0.3 is 0 Å². The number of nitrogens with zero attached hydrogens (tertiary/aromatic N) is 2. The van der Waals surface area contributed by atoms with Gasteiger partial charge in [0.15, 0.2) is 0 Å². The maximum atomic E-state index is 14.0. The van der Waals surface area contributed by atoms with Gasteiger partial charge in [-0.1, -0.05) is 37.1 Å². The zero-order valence-corrected chi connectivity index (χ0v) is 21.7. The minimum Gasteiger partial charge on any atom is -0.320 e. The van der Waals surface area contributed by atoms with Crippen molar-refractivity contribution in [1.29, 1.82) is 0 Å². The number of amides is 1. The Morgan fingerprint density at radius 3 is 2.60 bits per heavy atom. The van der Waals surface area contributed by atoms with Gasteiger partial charge in [0.25, 0.3) is 5.91 Å². The van der Waals surface area contributed by atoms with Gasteiger partial charge in [0.2, 0.25) is 10.0 Å². The second kappa shape index (κ2) is 11.2. The highest BCUT2D eigenvalue weighted by Gasteiger charge is 2.30. The van der Waals surface area contributed by atoms with Crippen molar-refractivity contribution in [2.45, 2.75) is 38.5 Å². The van der Waals surface area contributed by atoms with Crippen molar-refractivity contribution in [3.8, 4) is 11.1 Å². The Bertz CT molecular complexity index is 1290. The van der Waals surface area contributed by atoms with Crippen LogP contribution in [-0.4, -0.2) is 42.5 Å². The molecule has 0 aliphatic carbocycles. The van der Waals surface area contributed by atoms with Crippen molar-refractivity contribution >= 4 is 44.6 Å². The molecule has 0 atom stereocenters. The molecule has 0 spiro atoms. The summed E-state index contributed by atoms with van der Waals surface area (Å²) in [4.78, 5) is 17.5. The molecule has 0 unspecified atom stereocenters. The molecule has 10 heteroatoms. The number of halogens is 2. The quantitative estimate of drug-likeness (QED) is 0.374. The van der Waals surface area contributed by atoms with Gasteiger partial charge in [-0.05, 0) is 55.2 Å². The number of nitrogens with one attached hydrogen (secondary N) is 1. The number of piperidine rings is 1. The maximum Gasteiger partial charge on any atom is 0.275 e. The molecule has 3 aromatic rings. The van der Waals surface area contributed by atoms with E-state index in [2.05, 4.69) is 10.3 Å². The Morgan fingerprint density at radius 2 is 1.91 bits per heavy atom. The molecule has 0 radical (unpaired) electrons. The number of sulfonamides is 1. The summed E-state index contributed by atoms with van der Waals surface area (Å²) in [5.74, 6) is -0.479. The maximum absolute atomic E-state index is 14.0. The predicted molar refractivity (Wildman–Crippen MR) is 139 cm³/mol. The second-order valence-corrected chi connectivity index (χ2v) is 12.0. The van der Waals surface area contributed by atoms with E-state index in [4.69, 9.17) is 11.6 Å². The van der Waals surface area contributed by atoms with Crippen LogP contribution in [0.5, 0.6) is 0 Å². The van der Waals surface area contributed by atoms with Crippen molar-refractivity contribution < 1.29 is 17.6 Å². The van der Waals surface area contributed by atoms with E-state index in [0.29, 0.717) is 48.6 Å². The number of carbonyl (C=O) groups is 1. The number of unbranched alkanes of at least 4 members (excludes halogenated alkanes) is 1. The van der Waals surface area contributed by atoms with Crippen LogP contribution in [0.1, 0.15) is 54.0 Å². The fourth-order valence-corrected chi connectivity index (χ4v) is 6.87. The molecule has 1 N–H and O–H groups in total. The Kier molecular flexibility index (Phi) is 8.21. The van der Waals surface area contributed by atoms with Gasteiger partial charge in [-0.2, -0.15) is 0 Å². The Morgan fingerprint density at radius 1 is 1.20 bits per heavy atom. The molecule has 2 aromatic carbocycles. The standard InChI is InChI=1S/C25H27ClFN3O3S2/c1-2-3-14-35(32,33)30-12-10-18(11-13-30)25-29-23(16-34-25)24(31)28-22-9-8-20(27)15-21(22)17-4-6-19(26)7-5-17/h4-9,15-16,18H,2-3,10-14H2,1H3,(H,28,31). The number of thiazole rings is 1. The van der Waals surface area contributed by atoms with Crippen LogP contribution in [0.25, 0.3) is 11.1 Å². The average molecular weight is 536 g/mol. The minimum atomic E-state index is -3.21. The normalized spacial score (nSPS) is 15.3. The van der Waals surface area contributed by atoms with Gasteiger partial charge in [0.1, 0.15) is 11.5 Å². The van der Waals surface area contributed by atoms with Crippen LogP contribution in [0.15, 0.2) is 47.8 Å². The fourth-order valence-electron chi connectivity index (χ4n) is 4.10. The molecule has 1 aliphatic rings. The summed E-state index contributed by atoms with van der Waals surface area (Å²) in [6, 6.07) is 11.1. The summed E-state index contributed by atoms with van der Waals surface area (Å²) in [6.07, 6.45) is 2.87. The first-order valence-electron chi connectivity index (χ1n) is 11.6. The van der Waals surface area contributed by atoms with Gasteiger partial charge in [-0.15, -0.1) is 11.3 Å². The number of rotatable bonds is 8. The number of aromatic nitrogens is 1. The Hall–Kier alpha value is -2.33. The van der Waals surface area contributed by atoms with E-state index in [1.807, 2.05) is 6.92 Å². The van der Waals surface area contributed by atoms with Crippen LogP contribution in [-0.2, 0) is 10.0 Å². The van der Waals surface area contributed by atoms with Gasteiger partial charge < -0.3 is 5.32 Å². The van der Waals surface area contributed by atoms with Crippen molar-refractivity contribution in [1.82, 2.24) is 9.29 Å². The molecule has 186 valence electrons. The summed E-state index contributed by atoms with van der Waals surface area (Å²) in [5, 5.41) is 5.95. The van der Waals surface area contributed by atoms with Crippen molar-refractivity contribution in [3.05, 3.63) is 69.4 Å². The van der Waals surface area contributed by atoms with Crippen molar-refractivity contribution in [2.24, 2.45) is 0 Å². The smallest absolute Gasteiger partial charge is 0.275 e. The van der Waals surface area contributed by atoms with Gasteiger partial charge in [-0.3, -0.25) is 4.79 Å². The van der Waals surface area contributed by atoms with Gasteiger partial charge in [0, 0.05) is 40.7 Å². The summed E-state index contributed by atoms with van der Waals surface area (Å²) in [5.41, 5.74) is 2.03. The van der Waals surface area contributed by atoms with E-state index < -0.39 is 15.8 Å². The van der Waals surface area contributed by atoms with E-state index >= 15 is 0 Å². The third-order valence-electron chi connectivity index (χ3n) is 6.09. The van der Waals surface area contributed by atoms with E-state index in [-0.39, 0.29) is 23.3 Å². The molecule has 1 saturated heterocycles. The first kappa shape index (κ1) is 25.8. The lowest BCUT2D eigenvalue weighted by Gasteiger charge is -2.30. The summed E-state index contributed by atoms with van der Waals surface area (Å²) in [7, 11) is -3.21. The zero-order valence-electron chi connectivity index (χ0n) is 19.3.